The van der Waals surface area contributed by atoms with E-state index >= 15 is 0 Å². The van der Waals surface area contributed by atoms with Crippen molar-refractivity contribution in [3.63, 3.8) is 0 Å². The Balaban J connectivity index is 1.70. The van der Waals surface area contributed by atoms with Crippen LogP contribution in [0.15, 0.2) is 65.8 Å². The Hall–Kier alpha value is -2.68. The molecule has 2 saturated heterocycles. The third-order valence-electron chi connectivity index (χ3n) is 6.56. The summed E-state index contributed by atoms with van der Waals surface area (Å²) in [6.45, 7) is 8.70. The van der Waals surface area contributed by atoms with Crippen LogP contribution in [0.25, 0.3) is 10.4 Å². The minimum Gasteiger partial charge on any atom is -0.462 e. The van der Waals surface area contributed by atoms with E-state index in [4.69, 9.17) is 24.2 Å². The number of carbonyl (C=O) groups is 1. The summed E-state index contributed by atoms with van der Waals surface area (Å²) in [5, 5.41) is 5.95. The molecule has 2 fully saturated rings. The molecule has 2 heterocycles. The maximum absolute atomic E-state index is 12.7. The first-order valence-corrected chi connectivity index (χ1v) is 13.5. The van der Waals surface area contributed by atoms with Crippen LogP contribution in [0.4, 0.5) is 0 Å². The predicted octanol–water partition coefficient (Wildman–Crippen LogP) is 3.69. The molecule has 0 spiro atoms. The van der Waals surface area contributed by atoms with Crippen molar-refractivity contribution >= 4 is 24.7 Å². The van der Waals surface area contributed by atoms with E-state index in [1.54, 1.807) is 6.92 Å². The lowest BCUT2D eigenvalue weighted by Crippen LogP contribution is -2.67. The van der Waals surface area contributed by atoms with Crippen LogP contribution in [0.5, 0.6) is 0 Å². The normalized spacial score (nSPS) is 26.2. The van der Waals surface area contributed by atoms with Crippen molar-refractivity contribution in [1.82, 2.24) is 0 Å². The molecule has 0 amide bonds. The van der Waals surface area contributed by atoms with Gasteiger partial charge < -0.3 is 18.6 Å². The molecule has 2 aliphatic rings. The number of carbonyl (C=O) groups excluding carboxylic acids is 1. The lowest BCUT2D eigenvalue weighted by atomic mass is 9.99. The van der Waals surface area contributed by atoms with Gasteiger partial charge in [0.1, 0.15) is 6.10 Å². The van der Waals surface area contributed by atoms with E-state index in [2.05, 4.69) is 55.1 Å². The smallest absolute Gasteiger partial charge is 0.366 e. The molecule has 0 unspecified atom stereocenters. The fourth-order valence-corrected chi connectivity index (χ4v) is 9.71. The van der Waals surface area contributed by atoms with Gasteiger partial charge >= 0.3 is 5.97 Å². The lowest BCUT2D eigenvalue weighted by Gasteiger charge is -2.44. The highest BCUT2D eigenvalue weighted by Gasteiger charge is 2.64. The lowest BCUT2D eigenvalue weighted by molar-refractivity contribution is -0.208. The number of nitrogens with zero attached hydrogens (tertiary/aromatic N) is 3. The molecule has 4 atom stereocenters. The number of hydrogen-bond acceptors (Lipinski definition) is 6. The predicted molar refractivity (Wildman–Crippen MR) is 130 cm³/mol. The summed E-state index contributed by atoms with van der Waals surface area (Å²) in [5.74, 6) is -2.15. The molecule has 0 saturated carbocycles. The molecule has 8 nitrogen and oxygen atoms in total. The molecule has 34 heavy (non-hydrogen) atoms. The van der Waals surface area contributed by atoms with Crippen molar-refractivity contribution in [2.45, 2.75) is 63.2 Å². The van der Waals surface area contributed by atoms with Gasteiger partial charge in [-0.1, -0.05) is 86.5 Å². The van der Waals surface area contributed by atoms with Gasteiger partial charge in [-0.15, -0.1) is 0 Å². The van der Waals surface area contributed by atoms with Crippen LogP contribution >= 0.6 is 0 Å². The summed E-state index contributed by atoms with van der Waals surface area (Å²) >= 11 is 0. The molecule has 0 aromatic heterocycles. The number of fused-ring (bicyclic) bond motifs is 2. The second kappa shape index (κ2) is 9.52. The quantitative estimate of drug-likeness (QED) is 0.188. The Bertz CT molecular complexity index is 1020. The van der Waals surface area contributed by atoms with E-state index in [9.17, 15) is 4.79 Å². The zero-order valence-corrected chi connectivity index (χ0v) is 21.0. The highest BCUT2D eigenvalue weighted by atomic mass is 28.4. The SMILES string of the molecule is CCOC(=O)[C@]12C[C@H](N=[N+]=[N-])[C@H](O1)[C@H](CO[Si](c1ccccc1)(c1ccccc1)C(C)(C)C)O2. The third kappa shape index (κ3) is 4.14. The average Bonchev–Trinajstić information content (AvgIpc) is 3.37. The first-order chi connectivity index (χ1) is 16.3. The van der Waals surface area contributed by atoms with Crippen LogP contribution < -0.4 is 10.4 Å². The van der Waals surface area contributed by atoms with Gasteiger partial charge in [-0.25, -0.2) is 4.79 Å². The van der Waals surface area contributed by atoms with Crippen molar-refractivity contribution in [3.05, 3.63) is 71.1 Å². The fourth-order valence-electron chi connectivity index (χ4n) is 5.14. The van der Waals surface area contributed by atoms with Crippen LogP contribution in [-0.4, -0.2) is 51.5 Å². The van der Waals surface area contributed by atoms with E-state index in [1.165, 1.54) is 0 Å². The van der Waals surface area contributed by atoms with Crippen LogP contribution in [0, 0.1) is 0 Å². The first kappa shape index (κ1) is 24.4. The number of esters is 1. The summed E-state index contributed by atoms with van der Waals surface area (Å²) in [7, 11) is -2.81. The molecule has 180 valence electrons. The minimum atomic E-state index is -2.81. The Morgan fingerprint density at radius 2 is 1.71 bits per heavy atom. The van der Waals surface area contributed by atoms with Crippen molar-refractivity contribution in [2.75, 3.05) is 13.2 Å². The van der Waals surface area contributed by atoms with E-state index in [0.717, 1.165) is 10.4 Å². The summed E-state index contributed by atoms with van der Waals surface area (Å²) < 4.78 is 24.3. The van der Waals surface area contributed by atoms with Crippen LogP contribution in [-0.2, 0) is 23.4 Å². The zero-order chi connectivity index (χ0) is 24.4. The molecule has 0 radical (unpaired) electrons. The van der Waals surface area contributed by atoms with Crippen molar-refractivity contribution < 1.29 is 23.4 Å². The van der Waals surface area contributed by atoms with Gasteiger partial charge in [-0.2, -0.15) is 0 Å². The number of benzene rings is 2. The highest BCUT2D eigenvalue weighted by Crippen LogP contribution is 2.46. The van der Waals surface area contributed by atoms with Gasteiger partial charge in [-0.05, 0) is 27.9 Å². The standard InChI is InChI=1S/C25H31N3O5Si/c1-5-30-23(29)25-16-20(27-28-26)22(33-25)21(32-25)17-31-34(24(2,3)4,18-12-8-6-9-13-18)19-14-10-7-11-15-19/h6-15,20-22H,5,16-17H2,1-4H3/t20-,21-,22-,25-/m0/s1. The van der Waals surface area contributed by atoms with Gasteiger partial charge in [0.15, 0.2) is 0 Å². The highest BCUT2D eigenvalue weighted by molar-refractivity contribution is 6.99. The number of rotatable bonds is 8. The van der Waals surface area contributed by atoms with Crippen molar-refractivity contribution in [3.8, 4) is 0 Å². The van der Waals surface area contributed by atoms with E-state index in [1.807, 2.05) is 36.4 Å². The van der Waals surface area contributed by atoms with Crippen molar-refractivity contribution in [2.24, 2.45) is 5.11 Å². The Kier molecular flexibility index (Phi) is 6.84. The average molecular weight is 482 g/mol. The number of azide groups is 1. The molecule has 2 bridgehead atoms. The zero-order valence-electron chi connectivity index (χ0n) is 20.0. The minimum absolute atomic E-state index is 0.135. The first-order valence-electron chi connectivity index (χ1n) is 11.6. The Morgan fingerprint density at radius 3 is 2.21 bits per heavy atom. The maximum atomic E-state index is 12.7. The van der Waals surface area contributed by atoms with E-state index in [-0.39, 0.29) is 24.7 Å². The van der Waals surface area contributed by atoms with Gasteiger partial charge in [0.25, 0.3) is 14.1 Å². The van der Waals surface area contributed by atoms with Gasteiger partial charge in [0.2, 0.25) is 0 Å². The molecule has 4 rings (SSSR count). The summed E-state index contributed by atoms with van der Waals surface area (Å²) in [4.78, 5) is 15.6. The molecule has 2 aromatic rings. The number of hydrogen-bond donors (Lipinski definition) is 0. The fraction of sp³-hybridized carbons (Fsp3) is 0.480. The van der Waals surface area contributed by atoms with Gasteiger partial charge in [0, 0.05) is 11.3 Å². The molecule has 2 aromatic carbocycles. The van der Waals surface area contributed by atoms with Crippen LogP contribution in [0.1, 0.15) is 34.1 Å². The number of ether oxygens (including phenoxy) is 3. The maximum Gasteiger partial charge on any atom is 0.366 e. The Labute approximate surface area is 200 Å². The van der Waals surface area contributed by atoms with Gasteiger partial charge in [-0.3, -0.25) is 0 Å². The molecule has 2 aliphatic heterocycles. The monoisotopic (exact) mass is 481 g/mol. The third-order valence-corrected chi connectivity index (χ3v) is 11.6. The van der Waals surface area contributed by atoms with Gasteiger partial charge in [0.05, 0.1) is 25.4 Å². The van der Waals surface area contributed by atoms with Crippen LogP contribution in [0.3, 0.4) is 0 Å². The van der Waals surface area contributed by atoms with Crippen LogP contribution in [0.2, 0.25) is 5.04 Å². The van der Waals surface area contributed by atoms with Crippen molar-refractivity contribution in [1.29, 1.82) is 0 Å². The van der Waals surface area contributed by atoms with E-state index in [0.29, 0.717) is 0 Å². The topological polar surface area (TPSA) is 103 Å². The largest absolute Gasteiger partial charge is 0.462 e. The molecule has 9 heteroatoms. The van der Waals surface area contributed by atoms with E-state index < -0.39 is 38.3 Å². The second-order valence-corrected chi connectivity index (χ2v) is 14.0. The summed E-state index contributed by atoms with van der Waals surface area (Å²) in [6, 6.07) is 20.0. The summed E-state index contributed by atoms with van der Waals surface area (Å²) in [6.07, 6.45) is -1.02. The molecular formula is C25H31N3O5Si. The second-order valence-electron chi connectivity index (χ2n) is 9.66. The summed E-state index contributed by atoms with van der Waals surface area (Å²) in [5.41, 5.74) is 9.05. The molecule has 0 aliphatic carbocycles. The Morgan fingerprint density at radius 1 is 1.12 bits per heavy atom. The molecular weight excluding hydrogens is 450 g/mol. The molecule has 0 N–H and O–H groups in total.